The maximum absolute atomic E-state index is 6.40. The molecular formula is C58H34OSe. The van der Waals surface area contributed by atoms with Gasteiger partial charge in [-0.05, 0) is 6.07 Å². The van der Waals surface area contributed by atoms with Gasteiger partial charge in [-0.25, -0.2) is 0 Å². The molecule has 0 saturated heterocycles. The van der Waals surface area contributed by atoms with Crippen molar-refractivity contribution in [1.82, 2.24) is 0 Å². The summed E-state index contributed by atoms with van der Waals surface area (Å²) in [5.41, 5.74) is 11.9. The SMILES string of the molecule is c1ccc(-c2c3ccccc3c(-c3ccc4c(c3)[se]c3ccc(-c5c6ccccc6c(-c6ccc7c(c6)oc6ccccc67)c6ccccc56)cc34)c3ccccc23)cc1. The van der Waals surface area contributed by atoms with E-state index in [0.717, 1.165) is 27.5 Å². The third-order valence-electron chi connectivity index (χ3n) is 12.6. The molecule has 11 aromatic carbocycles. The molecule has 2 heteroatoms. The summed E-state index contributed by atoms with van der Waals surface area (Å²) in [6.07, 6.45) is 0. The molecule has 0 unspecified atom stereocenters. The second-order valence-electron chi connectivity index (χ2n) is 15.9. The van der Waals surface area contributed by atoms with Gasteiger partial charge in [0.1, 0.15) is 5.58 Å². The first-order chi connectivity index (χ1) is 29.8. The van der Waals surface area contributed by atoms with Crippen LogP contribution in [0, 0.1) is 0 Å². The van der Waals surface area contributed by atoms with Gasteiger partial charge in [0, 0.05) is 5.39 Å². The van der Waals surface area contributed by atoms with Crippen molar-refractivity contribution < 1.29 is 4.42 Å². The van der Waals surface area contributed by atoms with Crippen molar-refractivity contribution in [3.63, 3.8) is 0 Å². The molecule has 0 aliphatic rings. The van der Waals surface area contributed by atoms with Gasteiger partial charge in [-0.1, -0.05) is 18.2 Å². The van der Waals surface area contributed by atoms with Gasteiger partial charge in [0.05, 0.1) is 0 Å². The topological polar surface area (TPSA) is 13.1 Å². The average Bonchev–Trinajstić information content (AvgIpc) is 3.87. The number of furan rings is 1. The Labute approximate surface area is 352 Å². The van der Waals surface area contributed by atoms with Crippen molar-refractivity contribution >= 4 is 98.8 Å². The van der Waals surface area contributed by atoms with Crippen molar-refractivity contribution in [1.29, 1.82) is 0 Å². The van der Waals surface area contributed by atoms with Crippen LogP contribution in [-0.2, 0) is 0 Å². The van der Waals surface area contributed by atoms with E-state index in [4.69, 9.17) is 4.42 Å². The molecule has 2 aromatic heterocycles. The van der Waals surface area contributed by atoms with E-state index in [1.54, 1.807) is 0 Å². The standard InChI is InChI=1S/C58H34OSe/c1-2-14-35(15-3-1)55-42-17-4-6-19-44(42)58(45-20-7-5-18-43(45)55)38-27-30-41-50-32-36(28-31-53(50)60-54(41)34-38)56-46-21-8-10-23-48(46)57(49-24-11-9-22-47(49)56)37-26-29-40-39-16-12-13-25-51(39)59-52(40)33-37/h1-34H. The Bertz CT molecular complexity index is 3770. The van der Waals surface area contributed by atoms with E-state index in [1.165, 1.54) is 101 Å². The van der Waals surface area contributed by atoms with Crippen LogP contribution < -0.4 is 0 Å². The molecule has 0 atom stereocenters. The van der Waals surface area contributed by atoms with Crippen LogP contribution in [0.1, 0.15) is 0 Å². The molecule has 0 bridgehead atoms. The average molecular weight is 826 g/mol. The third kappa shape index (κ3) is 4.99. The summed E-state index contributed by atoms with van der Waals surface area (Å²) in [6, 6.07) is 76.2. The Hall–Kier alpha value is -7.22. The molecule has 13 aromatic rings. The zero-order valence-electron chi connectivity index (χ0n) is 32.4. The summed E-state index contributed by atoms with van der Waals surface area (Å²) in [4.78, 5) is 0. The quantitative estimate of drug-likeness (QED) is 0.127. The number of hydrogen-bond donors (Lipinski definition) is 0. The fourth-order valence-electron chi connectivity index (χ4n) is 10.1. The monoisotopic (exact) mass is 826 g/mol. The van der Waals surface area contributed by atoms with E-state index in [-0.39, 0.29) is 14.5 Å². The van der Waals surface area contributed by atoms with E-state index in [1.807, 2.05) is 6.07 Å². The molecule has 1 nitrogen and oxygen atoms in total. The van der Waals surface area contributed by atoms with Crippen LogP contribution in [-0.4, -0.2) is 14.5 Å². The van der Waals surface area contributed by atoms with Gasteiger partial charge in [0.25, 0.3) is 0 Å². The molecule has 0 spiro atoms. The Kier molecular flexibility index (Phi) is 7.39. The van der Waals surface area contributed by atoms with Gasteiger partial charge in [-0.15, -0.1) is 0 Å². The molecule has 0 fully saturated rings. The van der Waals surface area contributed by atoms with Crippen molar-refractivity contribution in [2.24, 2.45) is 0 Å². The van der Waals surface area contributed by atoms with E-state index >= 15 is 0 Å². The summed E-state index contributed by atoms with van der Waals surface area (Å²) < 4.78 is 9.28. The van der Waals surface area contributed by atoms with Crippen molar-refractivity contribution in [3.05, 3.63) is 206 Å². The Balaban J connectivity index is 0.995. The molecule has 2 heterocycles. The second kappa shape index (κ2) is 13.1. The van der Waals surface area contributed by atoms with E-state index in [2.05, 4.69) is 200 Å². The van der Waals surface area contributed by atoms with Crippen LogP contribution in [0.3, 0.4) is 0 Å². The number of hydrogen-bond acceptors (Lipinski definition) is 1. The number of fused-ring (bicyclic) bond motifs is 10. The molecule has 60 heavy (non-hydrogen) atoms. The van der Waals surface area contributed by atoms with Crippen molar-refractivity contribution in [3.8, 4) is 44.5 Å². The zero-order chi connectivity index (χ0) is 39.3. The first kappa shape index (κ1) is 33.7. The Morgan fingerprint density at radius 3 is 1.18 bits per heavy atom. The summed E-state index contributed by atoms with van der Waals surface area (Å²) in [6.45, 7) is 0. The van der Waals surface area contributed by atoms with Gasteiger partial charge in [-0.3, -0.25) is 0 Å². The predicted octanol–water partition coefficient (Wildman–Crippen LogP) is 16.2. The van der Waals surface area contributed by atoms with Gasteiger partial charge < -0.3 is 0 Å². The van der Waals surface area contributed by atoms with Crippen LogP contribution in [0.2, 0.25) is 0 Å². The summed E-state index contributed by atoms with van der Waals surface area (Å²) in [5.74, 6) is 0. The summed E-state index contributed by atoms with van der Waals surface area (Å²) in [5, 5.41) is 15.2. The molecule has 0 amide bonds. The van der Waals surface area contributed by atoms with Gasteiger partial charge in [0.15, 0.2) is 0 Å². The fraction of sp³-hybridized carbons (Fsp3) is 0. The molecule has 0 aliphatic carbocycles. The van der Waals surface area contributed by atoms with E-state index in [9.17, 15) is 0 Å². The molecule has 278 valence electrons. The maximum atomic E-state index is 6.40. The van der Waals surface area contributed by atoms with Gasteiger partial charge in [0.2, 0.25) is 0 Å². The minimum absolute atomic E-state index is 0.193. The van der Waals surface area contributed by atoms with Gasteiger partial charge in [-0.2, -0.15) is 0 Å². The first-order valence-electron chi connectivity index (χ1n) is 20.6. The molecular weight excluding hydrogens is 792 g/mol. The fourth-order valence-corrected chi connectivity index (χ4v) is 12.4. The summed E-state index contributed by atoms with van der Waals surface area (Å²) >= 11 is 0.193. The number of para-hydroxylation sites is 1. The first-order valence-corrected chi connectivity index (χ1v) is 22.3. The predicted molar refractivity (Wildman–Crippen MR) is 257 cm³/mol. The minimum atomic E-state index is 0.193. The second-order valence-corrected chi connectivity index (χ2v) is 18.2. The van der Waals surface area contributed by atoms with E-state index in [0.29, 0.717) is 0 Å². The molecule has 0 saturated carbocycles. The van der Waals surface area contributed by atoms with E-state index < -0.39 is 0 Å². The molecule has 13 rings (SSSR count). The van der Waals surface area contributed by atoms with Crippen LogP contribution in [0.15, 0.2) is 211 Å². The zero-order valence-corrected chi connectivity index (χ0v) is 34.2. The van der Waals surface area contributed by atoms with Crippen LogP contribution in [0.4, 0.5) is 0 Å². The van der Waals surface area contributed by atoms with Crippen molar-refractivity contribution in [2.75, 3.05) is 0 Å². The van der Waals surface area contributed by atoms with Crippen LogP contribution >= 0.6 is 0 Å². The Morgan fingerprint density at radius 2 is 0.633 bits per heavy atom. The van der Waals surface area contributed by atoms with Crippen LogP contribution in [0.25, 0.3) is 129 Å². The number of benzene rings is 11. The summed E-state index contributed by atoms with van der Waals surface area (Å²) in [7, 11) is 0. The van der Waals surface area contributed by atoms with Crippen LogP contribution in [0.5, 0.6) is 0 Å². The molecule has 0 N–H and O–H groups in total. The normalized spacial score (nSPS) is 12.0. The third-order valence-corrected chi connectivity index (χ3v) is 15.0. The molecule has 0 radical (unpaired) electrons. The number of rotatable bonds is 4. The molecule has 0 aliphatic heterocycles. The van der Waals surface area contributed by atoms with Crippen molar-refractivity contribution in [2.45, 2.75) is 0 Å². The Morgan fingerprint density at radius 1 is 0.233 bits per heavy atom. The van der Waals surface area contributed by atoms with Gasteiger partial charge >= 0.3 is 319 Å².